The predicted octanol–water partition coefficient (Wildman–Crippen LogP) is 0.267. The molecule has 1 aromatic rings. The molecule has 5 nitrogen and oxygen atoms in total. The normalized spacial score (nSPS) is 8.42. The molecule has 0 saturated heterocycles. The summed E-state index contributed by atoms with van der Waals surface area (Å²) in [4.78, 5) is 10.8. The van der Waals surface area contributed by atoms with Gasteiger partial charge in [-0.1, -0.05) is 0 Å². The number of nitrogens with two attached hydrogens (primary N) is 1. The Balaban J connectivity index is 0.00000121. The zero-order valence-electron chi connectivity index (χ0n) is 6.35. The minimum atomic E-state index is -0.516. The molecule has 6 heteroatoms. The standard InChI is InChI=1S/C6H7N3O2.ClH/c1-11-6(10)4-2-3-5(7)9-8-4;/h2-3H,1H3,(H2,7,9);1H. The molecule has 1 heterocycles. The van der Waals surface area contributed by atoms with Gasteiger partial charge in [0, 0.05) is 0 Å². The van der Waals surface area contributed by atoms with E-state index in [1.54, 1.807) is 0 Å². The number of anilines is 1. The van der Waals surface area contributed by atoms with Gasteiger partial charge in [0.05, 0.1) is 7.11 Å². The van der Waals surface area contributed by atoms with Crippen LogP contribution in [0, 0.1) is 0 Å². The Hall–Kier alpha value is -1.36. The molecule has 0 aromatic carbocycles. The van der Waals surface area contributed by atoms with Gasteiger partial charge in [0.1, 0.15) is 5.82 Å². The van der Waals surface area contributed by atoms with Gasteiger partial charge in [-0.2, -0.15) is 0 Å². The maximum atomic E-state index is 10.8. The fraction of sp³-hybridized carbons (Fsp3) is 0.167. The summed E-state index contributed by atoms with van der Waals surface area (Å²) in [5.74, 6) is -0.241. The van der Waals surface area contributed by atoms with Crippen LogP contribution in [-0.4, -0.2) is 23.3 Å². The average Bonchev–Trinajstić information content (AvgIpc) is 2.05. The fourth-order valence-corrected chi connectivity index (χ4v) is 0.556. The van der Waals surface area contributed by atoms with E-state index in [1.807, 2.05) is 0 Å². The molecular formula is C6H8ClN3O2. The smallest absolute Gasteiger partial charge is 0.358 e. The van der Waals surface area contributed by atoms with Crippen molar-refractivity contribution in [2.24, 2.45) is 0 Å². The lowest BCUT2D eigenvalue weighted by Crippen LogP contribution is -2.06. The molecule has 0 atom stereocenters. The third-order valence-corrected chi connectivity index (χ3v) is 1.08. The summed E-state index contributed by atoms with van der Waals surface area (Å²) < 4.78 is 4.39. The second kappa shape index (κ2) is 4.50. The summed E-state index contributed by atoms with van der Waals surface area (Å²) in [5.41, 5.74) is 5.40. The topological polar surface area (TPSA) is 78.1 Å². The second-order valence-corrected chi connectivity index (χ2v) is 1.84. The highest BCUT2D eigenvalue weighted by Gasteiger charge is 2.05. The van der Waals surface area contributed by atoms with Crippen LogP contribution in [0.5, 0.6) is 0 Å². The van der Waals surface area contributed by atoms with Gasteiger partial charge in [-0.25, -0.2) is 4.79 Å². The highest BCUT2D eigenvalue weighted by Crippen LogP contribution is 1.97. The maximum Gasteiger partial charge on any atom is 0.358 e. The van der Waals surface area contributed by atoms with E-state index in [0.717, 1.165) is 0 Å². The van der Waals surface area contributed by atoms with Crippen LogP contribution in [0.1, 0.15) is 10.5 Å². The minimum Gasteiger partial charge on any atom is -0.464 e. The molecule has 0 aliphatic rings. The Morgan fingerprint density at radius 3 is 2.58 bits per heavy atom. The second-order valence-electron chi connectivity index (χ2n) is 1.84. The van der Waals surface area contributed by atoms with E-state index in [1.165, 1.54) is 19.2 Å². The van der Waals surface area contributed by atoms with Gasteiger partial charge in [-0.15, -0.1) is 22.6 Å². The Morgan fingerprint density at radius 2 is 2.17 bits per heavy atom. The number of hydrogen-bond acceptors (Lipinski definition) is 5. The molecule has 0 fully saturated rings. The Bertz CT molecular complexity index is 262. The lowest BCUT2D eigenvalue weighted by molar-refractivity contribution is 0.0593. The molecule has 2 N–H and O–H groups in total. The van der Waals surface area contributed by atoms with Crippen molar-refractivity contribution in [2.75, 3.05) is 12.8 Å². The van der Waals surface area contributed by atoms with Crippen LogP contribution in [0.4, 0.5) is 5.82 Å². The summed E-state index contributed by atoms with van der Waals surface area (Å²) in [7, 11) is 1.28. The zero-order valence-corrected chi connectivity index (χ0v) is 7.17. The van der Waals surface area contributed by atoms with E-state index in [0.29, 0.717) is 0 Å². The van der Waals surface area contributed by atoms with Crippen LogP contribution < -0.4 is 5.73 Å². The number of nitrogen functional groups attached to an aromatic ring is 1. The highest BCUT2D eigenvalue weighted by molar-refractivity contribution is 5.86. The number of nitrogens with zero attached hydrogens (tertiary/aromatic N) is 2. The quantitative estimate of drug-likeness (QED) is 0.642. The van der Waals surface area contributed by atoms with Crippen molar-refractivity contribution in [1.29, 1.82) is 0 Å². The maximum absolute atomic E-state index is 10.8. The van der Waals surface area contributed by atoms with E-state index < -0.39 is 5.97 Å². The molecular weight excluding hydrogens is 182 g/mol. The van der Waals surface area contributed by atoms with Gasteiger partial charge in [0.15, 0.2) is 5.69 Å². The SMILES string of the molecule is COC(=O)c1ccc(N)nn1.Cl. The van der Waals surface area contributed by atoms with E-state index in [4.69, 9.17) is 5.73 Å². The van der Waals surface area contributed by atoms with Gasteiger partial charge >= 0.3 is 5.97 Å². The Labute approximate surface area is 75.3 Å². The van der Waals surface area contributed by atoms with Crippen LogP contribution in [-0.2, 0) is 4.74 Å². The molecule has 66 valence electrons. The number of hydrogen-bond donors (Lipinski definition) is 1. The van der Waals surface area contributed by atoms with Crippen LogP contribution in [0.3, 0.4) is 0 Å². The molecule has 0 amide bonds. The number of carbonyl (C=O) groups is 1. The predicted molar refractivity (Wildman–Crippen MR) is 45.0 cm³/mol. The highest BCUT2D eigenvalue weighted by atomic mass is 35.5. The molecule has 0 unspecified atom stereocenters. The number of rotatable bonds is 1. The largest absolute Gasteiger partial charge is 0.464 e. The molecule has 0 aliphatic heterocycles. The third kappa shape index (κ3) is 2.35. The first-order chi connectivity index (χ1) is 5.24. The number of aromatic nitrogens is 2. The van der Waals surface area contributed by atoms with Crippen LogP contribution >= 0.6 is 12.4 Å². The summed E-state index contributed by atoms with van der Waals surface area (Å²) in [6.45, 7) is 0. The molecule has 12 heavy (non-hydrogen) atoms. The van der Waals surface area contributed by atoms with Crippen molar-refractivity contribution in [3.05, 3.63) is 17.8 Å². The van der Waals surface area contributed by atoms with Crippen LogP contribution in [0.2, 0.25) is 0 Å². The summed E-state index contributed by atoms with van der Waals surface area (Å²) in [5, 5.41) is 6.97. The molecule has 1 rings (SSSR count). The Morgan fingerprint density at radius 1 is 1.50 bits per heavy atom. The average molecular weight is 190 g/mol. The molecule has 0 aliphatic carbocycles. The number of halogens is 1. The van der Waals surface area contributed by atoms with Crippen molar-refractivity contribution in [3.8, 4) is 0 Å². The van der Waals surface area contributed by atoms with Gasteiger partial charge in [0.25, 0.3) is 0 Å². The van der Waals surface area contributed by atoms with Crippen molar-refractivity contribution in [3.63, 3.8) is 0 Å². The van der Waals surface area contributed by atoms with Crippen molar-refractivity contribution >= 4 is 24.2 Å². The third-order valence-electron chi connectivity index (χ3n) is 1.08. The zero-order chi connectivity index (χ0) is 8.27. The summed E-state index contributed by atoms with van der Waals surface area (Å²) in [6, 6.07) is 2.94. The minimum absolute atomic E-state index is 0. The van der Waals surface area contributed by atoms with Crippen molar-refractivity contribution in [1.82, 2.24) is 10.2 Å². The van der Waals surface area contributed by atoms with E-state index in [2.05, 4.69) is 14.9 Å². The monoisotopic (exact) mass is 189 g/mol. The lowest BCUT2D eigenvalue weighted by atomic mass is 10.4. The molecule has 0 spiro atoms. The number of carbonyl (C=O) groups excluding carboxylic acids is 1. The Kier molecular flexibility index (Phi) is 3.99. The summed E-state index contributed by atoms with van der Waals surface area (Å²) >= 11 is 0. The first kappa shape index (κ1) is 10.6. The van der Waals surface area contributed by atoms with E-state index in [-0.39, 0.29) is 23.9 Å². The number of esters is 1. The lowest BCUT2D eigenvalue weighted by Gasteiger charge is -1.95. The van der Waals surface area contributed by atoms with Gasteiger partial charge in [-0.3, -0.25) is 0 Å². The van der Waals surface area contributed by atoms with Gasteiger partial charge < -0.3 is 10.5 Å². The molecule has 0 radical (unpaired) electrons. The van der Waals surface area contributed by atoms with Crippen molar-refractivity contribution < 1.29 is 9.53 Å². The van der Waals surface area contributed by atoms with Gasteiger partial charge in [0.2, 0.25) is 0 Å². The molecule has 1 aromatic heterocycles. The van der Waals surface area contributed by atoms with Crippen LogP contribution in [0.15, 0.2) is 12.1 Å². The van der Waals surface area contributed by atoms with E-state index in [9.17, 15) is 4.79 Å². The number of methoxy groups -OCH3 is 1. The number of ether oxygens (including phenoxy) is 1. The van der Waals surface area contributed by atoms with Gasteiger partial charge in [-0.05, 0) is 12.1 Å². The fourth-order valence-electron chi connectivity index (χ4n) is 0.556. The van der Waals surface area contributed by atoms with Crippen molar-refractivity contribution in [2.45, 2.75) is 0 Å². The first-order valence-electron chi connectivity index (χ1n) is 2.91. The first-order valence-corrected chi connectivity index (χ1v) is 2.91. The van der Waals surface area contributed by atoms with E-state index >= 15 is 0 Å². The molecule has 0 saturated carbocycles. The van der Waals surface area contributed by atoms with Crippen LogP contribution in [0.25, 0.3) is 0 Å². The summed E-state index contributed by atoms with van der Waals surface area (Å²) in [6.07, 6.45) is 0. The molecule has 0 bridgehead atoms.